The number of rotatable bonds is 9. The van der Waals surface area contributed by atoms with Crippen LogP contribution in [0.5, 0.6) is 0 Å². The fourth-order valence-corrected chi connectivity index (χ4v) is 6.31. The van der Waals surface area contributed by atoms with E-state index in [4.69, 9.17) is 10.2 Å². The number of hydrogen-bond donors (Lipinski definition) is 5. The zero-order chi connectivity index (χ0) is 30.9. The number of imidazole rings is 1. The van der Waals surface area contributed by atoms with Crippen molar-refractivity contribution < 1.29 is 10.0 Å². The minimum Gasteiger partial charge on any atom is -0.378 e. The van der Waals surface area contributed by atoms with Crippen LogP contribution in [0.15, 0.2) is 90.1 Å². The van der Waals surface area contributed by atoms with Crippen molar-refractivity contribution in [1.82, 2.24) is 35.0 Å². The summed E-state index contributed by atoms with van der Waals surface area (Å²) in [5.41, 5.74) is 5.96. The molecule has 4 aromatic heterocycles. The van der Waals surface area contributed by atoms with Gasteiger partial charge in [0.2, 0.25) is 0 Å². The molecule has 0 spiro atoms. The van der Waals surface area contributed by atoms with E-state index in [2.05, 4.69) is 30.6 Å². The summed E-state index contributed by atoms with van der Waals surface area (Å²) in [5.74, 6) is 0.573. The Bertz CT molecular complexity index is 2240. The number of pyridine rings is 1. The van der Waals surface area contributed by atoms with Gasteiger partial charge in [-0.25, -0.2) is 25.4 Å². The molecule has 4 heterocycles. The number of amides is 1. The number of aromatic nitrogens is 6. The topological polar surface area (TPSA) is 163 Å². The Morgan fingerprint density at radius 2 is 1.89 bits per heavy atom. The third-order valence-electron chi connectivity index (χ3n) is 7.53. The van der Waals surface area contributed by atoms with Crippen LogP contribution in [0.4, 0.5) is 11.5 Å². The van der Waals surface area contributed by atoms with Crippen molar-refractivity contribution in [3.05, 3.63) is 112 Å². The molecule has 224 valence electrons. The molecule has 1 atom stereocenters. The van der Waals surface area contributed by atoms with E-state index in [1.54, 1.807) is 40.8 Å². The van der Waals surface area contributed by atoms with E-state index in [1.165, 1.54) is 11.3 Å². The smallest absolute Gasteiger partial charge is 0.274 e. The van der Waals surface area contributed by atoms with Crippen molar-refractivity contribution in [2.75, 3.05) is 10.6 Å². The van der Waals surface area contributed by atoms with Crippen molar-refractivity contribution in [1.29, 1.82) is 0 Å². The lowest BCUT2D eigenvalue weighted by Crippen LogP contribution is -2.28. The summed E-state index contributed by atoms with van der Waals surface area (Å²) in [7, 11) is 0. The number of nitrogens with zero attached hydrogens (tertiary/aromatic N) is 5. The molecule has 45 heavy (non-hydrogen) atoms. The monoisotopic (exact) mass is 617 g/mol. The minimum atomic E-state index is -0.586. The molecule has 1 amide bonds. The molecule has 0 unspecified atom stereocenters. The quantitative estimate of drug-likeness (QED) is 0.103. The number of carbonyl (C=O) groups excluding carboxylic acids is 1. The van der Waals surface area contributed by atoms with Gasteiger partial charge in [0.25, 0.3) is 11.5 Å². The van der Waals surface area contributed by atoms with Crippen molar-refractivity contribution in [3.63, 3.8) is 0 Å². The SMILES string of the molecule is CC[C@H](Nc1nccc2[nH]cnc12)c1nc2cccc(NCc3nc4ccc(C(=O)NO)cc4s3)c2c(=O)n1-c1ccccc1. The fraction of sp³-hybridized carbons (Fsp3) is 0.125. The molecule has 5 N–H and O–H groups in total. The lowest BCUT2D eigenvalue weighted by molar-refractivity contribution is 0.0706. The van der Waals surface area contributed by atoms with Crippen LogP contribution in [0.25, 0.3) is 37.8 Å². The summed E-state index contributed by atoms with van der Waals surface area (Å²) in [6.07, 6.45) is 3.97. The average Bonchev–Trinajstić information content (AvgIpc) is 3.73. The van der Waals surface area contributed by atoms with Gasteiger partial charge < -0.3 is 15.6 Å². The highest BCUT2D eigenvalue weighted by atomic mass is 32.1. The molecule has 0 aliphatic rings. The number of aromatic amines is 1. The van der Waals surface area contributed by atoms with Crippen molar-refractivity contribution in [2.24, 2.45) is 0 Å². The Morgan fingerprint density at radius 3 is 2.71 bits per heavy atom. The molecule has 13 heteroatoms. The number of thiazole rings is 1. The van der Waals surface area contributed by atoms with Gasteiger partial charge in [-0.15, -0.1) is 11.3 Å². The van der Waals surface area contributed by atoms with E-state index < -0.39 is 5.91 Å². The van der Waals surface area contributed by atoms with E-state index in [-0.39, 0.29) is 11.6 Å². The van der Waals surface area contributed by atoms with Gasteiger partial charge in [-0.1, -0.05) is 31.2 Å². The molecular formula is C32H27N9O3S. The number of nitrogens with one attached hydrogen (secondary N) is 4. The summed E-state index contributed by atoms with van der Waals surface area (Å²) in [6.45, 7) is 2.38. The molecular weight excluding hydrogens is 590 g/mol. The predicted octanol–water partition coefficient (Wildman–Crippen LogP) is 5.56. The van der Waals surface area contributed by atoms with Crippen LogP contribution in [0.2, 0.25) is 0 Å². The largest absolute Gasteiger partial charge is 0.378 e. The third-order valence-corrected chi connectivity index (χ3v) is 8.55. The Balaban J connectivity index is 1.29. The van der Waals surface area contributed by atoms with E-state index in [0.717, 1.165) is 20.7 Å². The summed E-state index contributed by atoms with van der Waals surface area (Å²) < 4.78 is 2.46. The van der Waals surface area contributed by atoms with Crippen LogP contribution < -0.4 is 21.7 Å². The lowest BCUT2D eigenvalue weighted by Gasteiger charge is -2.23. The van der Waals surface area contributed by atoms with Crippen LogP contribution in [0.1, 0.15) is 40.6 Å². The van der Waals surface area contributed by atoms with Gasteiger partial charge in [-0.3, -0.25) is 19.4 Å². The summed E-state index contributed by atoms with van der Waals surface area (Å²) in [6, 6.07) is 21.6. The first kappa shape index (κ1) is 28.1. The van der Waals surface area contributed by atoms with Crippen molar-refractivity contribution >= 4 is 60.9 Å². The van der Waals surface area contributed by atoms with Gasteiger partial charge in [0.1, 0.15) is 16.3 Å². The van der Waals surface area contributed by atoms with Crippen LogP contribution in [-0.2, 0) is 6.54 Å². The van der Waals surface area contributed by atoms with Gasteiger partial charge >= 0.3 is 0 Å². The van der Waals surface area contributed by atoms with Gasteiger partial charge in [-0.05, 0) is 55.0 Å². The maximum absolute atomic E-state index is 14.4. The molecule has 0 saturated carbocycles. The highest BCUT2D eigenvalue weighted by Gasteiger charge is 2.23. The van der Waals surface area contributed by atoms with Crippen molar-refractivity contribution in [3.8, 4) is 5.69 Å². The molecule has 0 aliphatic heterocycles. The van der Waals surface area contributed by atoms with Gasteiger partial charge in [0.05, 0.1) is 51.2 Å². The number of benzene rings is 3. The first-order valence-corrected chi connectivity index (χ1v) is 15.1. The second-order valence-corrected chi connectivity index (χ2v) is 11.4. The van der Waals surface area contributed by atoms with E-state index in [9.17, 15) is 9.59 Å². The first-order chi connectivity index (χ1) is 22.0. The number of hydrogen-bond acceptors (Lipinski definition) is 10. The first-order valence-electron chi connectivity index (χ1n) is 14.3. The zero-order valence-electron chi connectivity index (χ0n) is 24.0. The Labute approximate surface area is 259 Å². The zero-order valence-corrected chi connectivity index (χ0v) is 24.8. The summed E-state index contributed by atoms with van der Waals surface area (Å²) in [4.78, 5) is 48.1. The predicted molar refractivity (Wildman–Crippen MR) is 174 cm³/mol. The average molecular weight is 618 g/mol. The number of carbonyl (C=O) groups is 1. The van der Waals surface area contributed by atoms with E-state index in [0.29, 0.717) is 58.0 Å². The van der Waals surface area contributed by atoms with E-state index in [1.807, 2.05) is 61.5 Å². The maximum Gasteiger partial charge on any atom is 0.274 e. The number of fused-ring (bicyclic) bond motifs is 3. The number of para-hydroxylation sites is 1. The lowest BCUT2D eigenvalue weighted by atomic mass is 10.1. The summed E-state index contributed by atoms with van der Waals surface area (Å²) in [5, 5.41) is 17.1. The molecule has 7 rings (SSSR count). The second-order valence-electron chi connectivity index (χ2n) is 10.3. The minimum absolute atomic E-state index is 0.209. The fourth-order valence-electron chi connectivity index (χ4n) is 5.37. The Morgan fingerprint density at radius 1 is 1.02 bits per heavy atom. The molecule has 12 nitrogen and oxygen atoms in total. The second kappa shape index (κ2) is 11.8. The van der Waals surface area contributed by atoms with Crippen LogP contribution in [0, 0.1) is 0 Å². The molecule has 0 bridgehead atoms. The number of H-pyrrole nitrogens is 1. The Hall–Kier alpha value is -5.66. The van der Waals surface area contributed by atoms with Crippen LogP contribution in [-0.4, -0.2) is 40.6 Å². The highest BCUT2D eigenvalue weighted by Crippen LogP contribution is 2.29. The molecule has 0 aliphatic carbocycles. The normalized spacial score (nSPS) is 12.0. The van der Waals surface area contributed by atoms with Crippen molar-refractivity contribution in [2.45, 2.75) is 25.9 Å². The van der Waals surface area contributed by atoms with Crippen LogP contribution >= 0.6 is 11.3 Å². The van der Waals surface area contributed by atoms with E-state index >= 15 is 0 Å². The Kier molecular flexibility index (Phi) is 7.37. The van der Waals surface area contributed by atoms with Gasteiger partial charge in [0.15, 0.2) is 5.82 Å². The molecule has 7 aromatic rings. The standard InChI is InChI=1S/C32H27N9O3S/c1-2-20(38-29-28-24(13-14-33-29)35-17-36-28)30-39-23-10-6-9-22(27(23)32(43)41(30)19-7-4-3-5-8-19)34-16-26-37-21-12-11-18(31(42)40-44)15-25(21)45-26/h3-15,17,20,34,44H,2,16H2,1H3,(H,33,38)(H,35,36)(H,40,42)/t20-/m0/s1. The highest BCUT2D eigenvalue weighted by molar-refractivity contribution is 7.18. The molecule has 3 aromatic carbocycles. The van der Waals surface area contributed by atoms with Gasteiger partial charge in [-0.2, -0.15) is 0 Å². The van der Waals surface area contributed by atoms with Crippen LogP contribution in [0.3, 0.4) is 0 Å². The van der Waals surface area contributed by atoms with Gasteiger partial charge in [0, 0.05) is 17.4 Å². The molecule has 0 radical (unpaired) electrons. The number of anilines is 2. The summed E-state index contributed by atoms with van der Waals surface area (Å²) >= 11 is 1.42. The number of hydroxylamine groups is 1. The molecule has 0 fully saturated rings. The maximum atomic E-state index is 14.4. The third kappa shape index (κ3) is 5.24. The molecule has 0 saturated heterocycles.